The molecule has 0 spiro atoms. The third-order valence-corrected chi connectivity index (χ3v) is 7.99. The number of Topliss-reactive ketones (excluding diaryl/α,β-unsaturated/α-hetero) is 1. The maximum absolute atomic E-state index is 12.8. The first-order valence-corrected chi connectivity index (χ1v) is 14.6. The fourth-order valence-electron chi connectivity index (χ4n) is 5.26. The number of carbonyl (C=O) groups excluding carboxylic acids is 2. The Morgan fingerprint density at radius 1 is 0.786 bits per heavy atom. The van der Waals surface area contributed by atoms with Crippen molar-refractivity contribution in [3.63, 3.8) is 0 Å². The molecule has 0 bridgehead atoms. The van der Waals surface area contributed by atoms with Crippen LogP contribution in [0.25, 0.3) is 0 Å². The number of para-hydroxylation sites is 1. The molecule has 4 unspecified atom stereocenters. The molecule has 2 fully saturated rings. The average Bonchev–Trinajstić information content (AvgIpc) is 2.96. The molecular weight excluding hydrogens is 602 g/mol. The zero-order chi connectivity index (χ0) is 29.8. The van der Waals surface area contributed by atoms with Crippen molar-refractivity contribution < 1.29 is 9.59 Å². The van der Waals surface area contributed by atoms with Gasteiger partial charge in [0.15, 0.2) is 5.78 Å². The third kappa shape index (κ3) is 7.38. The van der Waals surface area contributed by atoms with Crippen LogP contribution in [0.4, 0.5) is 29.2 Å². The molecular formula is C28H36BrN11O2. The van der Waals surface area contributed by atoms with Gasteiger partial charge in [-0.1, -0.05) is 18.2 Å². The summed E-state index contributed by atoms with van der Waals surface area (Å²) in [5.41, 5.74) is 26.7. The van der Waals surface area contributed by atoms with Crippen molar-refractivity contribution in [3.8, 4) is 0 Å². The molecule has 4 atom stereocenters. The maximum atomic E-state index is 12.8. The molecule has 0 saturated carbocycles. The molecule has 3 aromatic rings. The van der Waals surface area contributed by atoms with E-state index in [0.717, 1.165) is 12.8 Å². The summed E-state index contributed by atoms with van der Waals surface area (Å²) < 4.78 is 1.29. The molecule has 222 valence electrons. The Kier molecular flexibility index (Phi) is 9.28. The van der Waals surface area contributed by atoms with Crippen LogP contribution in [0.3, 0.4) is 0 Å². The smallest absolute Gasteiger partial charge is 0.244 e. The van der Waals surface area contributed by atoms with Crippen molar-refractivity contribution in [1.82, 2.24) is 15.0 Å². The minimum Gasteiger partial charge on any atom is -0.338 e. The lowest BCUT2D eigenvalue weighted by Crippen LogP contribution is -2.54. The van der Waals surface area contributed by atoms with Crippen LogP contribution in [-0.4, -0.2) is 77.0 Å². The number of ketones is 1. The van der Waals surface area contributed by atoms with Crippen LogP contribution in [0, 0.1) is 0 Å². The monoisotopic (exact) mass is 637 g/mol. The van der Waals surface area contributed by atoms with Crippen molar-refractivity contribution in [1.29, 1.82) is 0 Å². The van der Waals surface area contributed by atoms with E-state index in [9.17, 15) is 9.59 Å². The van der Waals surface area contributed by atoms with E-state index in [2.05, 4.69) is 31.4 Å². The predicted octanol–water partition coefficient (Wildman–Crippen LogP) is 1.26. The number of nitrogens with two attached hydrogens (primary N) is 4. The molecule has 0 aliphatic carbocycles. The summed E-state index contributed by atoms with van der Waals surface area (Å²) in [6.45, 7) is 2.28. The third-order valence-electron chi connectivity index (χ3n) is 7.18. The summed E-state index contributed by atoms with van der Waals surface area (Å²) in [5.74, 6) is 0.579. The van der Waals surface area contributed by atoms with E-state index in [0.29, 0.717) is 61.0 Å². The van der Waals surface area contributed by atoms with Crippen LogP contribution in [0.15, 0.2) is 54.6 Å². The summed E-state index contributed by atoms with van der Waals surface area (Å²) in [6, 6.07) is 15.5. The number of benzene rings is 2. The second-order valence-corrected chi connectivity index (χ2v) is 11.6. The summed E-state index contributed by atoms with van der Waals surface area (Å²) >= 11 is 3.25. The van der Waals surface area contributed by atoms with Crippen molar-refractivity contribution in [2.45, 2.75) is 43.4 Å². The first kappa shape index (κ1) is 29.8. The summed E-state index contributed by atoms with van der Waals surface area (Å²) in [7, 11) is 0. The van der Waals surface area contributed by atoms with E-state index in [1.807, 2.05) is 28.0 Å². The highest BCUT2D eigenvalue weighted by Gasteiger charge is 2.29. The van der Waals surface area contributed by atoms with E-state index in [-0.39, 0.29) is 42.3 Å². The largest absolute Gasteiger partial charge is 0.338 e. The van der Waals surface area contributed by atoms with Crippen LogP contribution in [0.2, 0.25) is 0 Å². The predicted molar refractivity (Wildman–Crippen MR) is 167 cm³/mol. The highest BCUT2D eigenvalue weighted by molar-refractivity contribution is 9.10. The minimum absolute atomic E-state index is 0.0940. The van der Waals surface area contributed by atoms with Crippen molar-refractivity contribution in [3.05, 3.63) is 60.2 Å². The number of halogens is 1. The fourth-order valence-corrected chi connectivity index (χ4v) is 5.62. The van der Waals surface area contributed by atoms with E-state index >= 15 is 0 Å². The van der Waals surface area contributed by atoms with Crippen LogP contribution < -0.4 is 42.0 Å². The number of hydrogen-bond acceptors (Lipinski definition) is 12. The maximum Gasteiger partial charge on any atom is 0.244 e. The number of rotatable bonds is 8. The lowest BCUT2D eigenvalue weighted by Gasteiger charge is -2.37. The van der Waals surface area contributed by atoms with Gasteiger partial charge >= 0.3 is 0 Å². The Labute approximate surface area is 253 Å². The number of carbonyl (C=O) groups is 2. The summed E-state index contributed by atoms with van der Waals surface area (Å²) in [6.07, 6.45) is 1.17. The summed E-state index contributed by atoms with van der Waals surface area (Å²) in [5, 5.41) is 3.22. The number of amides is 1. The van der Waals surface area contributed by atoms with Gasteiger partial charge in [-0.15, -0.1) is 0 Å². The molecule has 1 amide bonds. The second-order valence-electron chi connectivity index (χ2n) is 10.9. The van der Waals surface area contributed by atoms with Gasteiger partial charge in [-0.05, 0) is 49.2 Å². The van der Waals surface area contributed by atoms with Crippen LogP contribution in [0.5, 0.6) is 0 Å². The van der Waals surface area contributed by atoms with E-state index in [4.69, 9.17) is 27.9 Å². The van der Waals surface area contributed by atoms with Crippen molar-refractivity contribution in [2.75, 3.05) is 45.2 Å². The minimum atomic E-state index is -0.368. The van der Waals surface area contributed by atoms with Gasteiger partial charge in [-0.25, -0.2) is 3.93 Å². The van der Waals surface area contributed by atoms with Crippen LogP contribution in [-0.2, 0) is 4.79 Å². The molecule has 2 aliphatic rings. The lowest BCUT2D eigenvalue weighted by molar-refractivity contribution is -0.116. The van der Waals surface area contributed by atoms with Gasteiger partial charge in [-0.3, -0.25) is 9.59 Å². The van der Waals surface area contributed by atoms with Gasteiger partial charge in [-0.2, -0.15) is 15.0 Å². The van der Waals surface area contributed by atoms with Gasteiger partial charge < -0.3 is 38.1 Å². The fraction of sp³-hybridized carbons (Fsp3) is 0.393. The quantitative estimate of drug-likeness (QED) is 0.135. The van der Waals surface area contributed by atoms with Gasteiger partial charge in [0.05, 0.1) is 28.3 Å². The van der Waals surface area contributed by atoms with Crippen LogP contribution >= 0.6 is 16.1 Å². The highest BCUT2D eigenvalue weighted by Crippen LogP contribution is 2.25. The van der Waals surface area contributed by atoms with Gasteiger partial charge in [0, 0.05) is 61.6 Å². The highest BCUT2D eigenvalue weighted by atomic mass is 79.9. The Morgan fingerprint density at radius 3 is 1.79 bits per heavy atom. The summed E-state index contributed by atoms with van der Waals surface area (Å²) in [4.78, 5) is 43.5. The number of anilines is 5. The Hall–Kier alpha value is -3.69. The molecule has 2 aromatic carbocycles. The first-order chi connectivity index (χ1) is 20.1. The SMILES string of the molecule is NC1CC(N)CN(c2nc(Nc3ccc(C(=O)CC(=O)N(Br)c4ccccc4)cc3)nc(N3CC(N)CC(N)C3)n2)C1. The molecule has 42 heavy (non-hydrogen) atoms. The van der Waals surface area contributed by atoms with E-state index < -0.39 is 0 Å². The van der Waals surface area contributed by atoms with E-state index in [1.54, 1.807) is 36.4 Å². The number of hydrogen-bond donors (Lipinski definition) is 5. The molecule has 2 saturated heterocycles. The molecule has 2 aliphatic heterocycles. The topological polar surface area (TPSA) is 199 Å². The second kappa shape index (κ2) is 13.1. The molecule has 0 radical (unpaired) electrons. The Balaban J connectivity index is 1.32. The lowest BCUT2D eigenvalue weighted by atomic mass is 10.0. The van der Waals surface area contributed by atoms with Crippen molar-refractivity contribution in [2.24, 2.45) is 22.9 Å². The van der Waals surface area contributed by atoms with Crippen LogP contribution in [0.1, 0.15) is 29.6 Å². The standard InChI is InChI=1S/C28H36BrN11O2/c29-40(23-4-2-1-3-5-23)25(42)12-24(41)17-6-8-22(9-7-17)34-26-35-27(38-13-18(30)10-19(31)14-38)37-28(36-26)39-15-20(32)11-21(33)16-39/h1-9,18-21H,10-16,30-33H2,(H,34,35,36,37). The normalized spacial score (nSPS) is 22.5. The number of piperidine rings is 2. The Bertz CT molecular complexity index is 1330. The number of nitrogens with zero attached hydrogens (tertiary/aromatic N) is 6. The molecule has 14 heteroatoms. The van der Waals surface area contributed by atoms with Gasteiger partial charge in [0.25, 0.3) is 0 Å². The van der Waals surface area contributed by atoms with Gasteiger partial charge in [0.2, 0.25) is 23.8 Å². The van der Waals surface area contributed by atoms with Crippen molar-refractivity contribution >= 4 is 57.1 Å². The number of nitrogens with one attached hydrogen (secondary N) is 1. The Morgan fingerprint density at radius 2 is 1.29 bits per heavy atom. The zero-order valence-corrected chi connectivity index (χ0v) is 24.7. The molecule has 3 heterocycles. The number of aromatic nitrogens is 3. The first-order valence-electron chi connectivity index (χ1n) is 13.9. The molecule has 5 rings (SSSR count). The average molecular weight is 639 g/mol. The molecule has 1 aromatic heterocycles. The molecule has 9 N–H and O–H groups in total. The zero-order valence-electron chi connectivity index (χ0n) is 23.1. The van der Waals surface area contributed by atoms with E-state index in [1.165, 1.54) is 3.93 Å². The van der Waals surface area contributed by atoms with Gasteiger partial charge in [0.1, 0.15) is 0 Å². The molecule has 13 nitrogen and oxygen atoms in total.